The molecule has 27 heavy (non-hydrogen) atoms. The monoisotopic (exact) mass is 365 g/mol. The SMILES string of the molecule is CCN(CC)Cc1cnc2c(C(=O)NCC(C)c3ccccc3)cnn2c1. The summed E-state index contributed by atoms with van der Waals surface area (Å²) in [6.07, 6.45) is 5.37. The van der Waals surface area contributed by atoms with Gasteiger partial charge < -0.3 is 5.32 Å². The molecule has 2 heterocycles. The molecule has 3 aromatic rings. The van der Waals surface area contributed by atoms with Crippen molar-refractivity contribution in [1.29, 1.82) is 0 Å². The maximum absolute atomic E-state index is 12.6. The normalized spacial score (nSPS) is 12.4. The summed E-state index contributed by atoms with van der Waals surface area (Å²) in [5.41, 5.74) is 3.38. The van der Waals surface area contributed by atoms with Gasteiger partial charge in [-0.05, 0) is 24.6 Å². The number of nitrogens with one attached hydrogen (secondary N) is 1. The first-order chi connectivity index (χ1) is 13.1. The van der Waals surface area contributed by atoms with E-state index in [1.54, 1.807) is 10.7 Å². The van der Waals surface area contributed by atoms with Gasteiger partial charge in [-0.1, -0.05) is 51.1 Å². The smallest absolute Gasteiger partial charge is 0.256 e. The Morgan fingerprint density at radius 1 is 1.19 bits per heavy atom. The van der Waals surface area contributed by atoms with Gasteiger partial charge in [-0.2, -0.15) is 5.10 Å². The molecule has 1 unspecified atom stereocenters. The Kier molecular flexibility index (Phi) is 6.19. The second-order valence-corrected chi connectivity index (χ2v) is 6.77. The third kappa shape index (κ3) is 4.52. The molecule has 3 rings (SSSR count). The molecule has 0 spiro atoms. The van der Waals surface area contributed by atoms with Crippen molar-refractivity contribution in [1.82, 2.24) is 24.8 Å². The number of carbonyl (C=O) groups is 1. The predicted octanol–water partition coefficient (Wildman–Crippen LogP) is 3.10. The summed E-state index contributed by atoms with van der Waals surface area (Å²) < 4.78 is 1.69. The van der Waals surface area contributed by atoms with E-state index in [0.29, 0.717) is 17.8 Å². The molecule has 0 radical (unpaired) electrons. The van der Waals surface area contributed by atoms with Gasteiger partial charge in [0.05, 0.1) is 6.20 Å². The van der Waals surface area contributed by atoms with Gasteiger partial charge in [-0.15, -0.1) is 0 Å². The van der Waals surface area contributed by atoms with E-state index in [1.165, 1.54) is 5.56 Å². The molecule has 0 saturated heterocycles. The van der Waals surface area contributed by atoms with Gasteiger partial charge in [0.2, 0.25) is 0 Å². The lowest BCUT2D eigenvalue weighted by Crippen LogP contribution is -2.27. The molecule has 0 fully saturated rings. The van der Waals surface area contributed by atoms with Crippen LogP contribution in [0.15, 0.2) is 48.9 Å². The second-order valence-electron chi connectivity index (χ2n) is 6.77. The summed E-state index contributed by atoms with van der Waals surface area (Å²) in [6, 6.07) is 10.2. The number of carbonyl (C=O) groups excluding carboxylic acids is 1. The van der Waals surface area contributed by atoms with Gasteiger partial charge in [-0.3, -0.25) is 9.69 Å². The summed E-state index contributed by atoms with van der Waals surface area (Å²) in [5.74, 6) is 0.0994. The van der Waals surface area contributed by atoms with Crippen LogP contribution in [0.4, 0.5) is 0 Å². The highest BCUT2D eigenvalue weighted by Crippen LogP contribution is 2.14. The van der Waals surface area contributed by atoms with Crippen LogP contribution >= 0.6 is 0 Å². The number of amides is 1. The van der Waals surface area contributed by atoms with Crippen molar-refractivity contribution in [2.24, 2.45) is 0 Å². The van der Waals surface area contributed by atoms with Crippen molar-refractivity contribution >= 4 is 11.6 Å². The van der Waals surface area contributed by atoms with Gasteiger partial charge in [0.15, 0.2) is 5.65 Å². The minimum atomic E-state index is -0.142. The molecule has 0 aliphatic heterocycles. The van der Waals surface area contributed by atoms with Crippen LogP contribution in [0.25, 0.3) is 5.65 Å². The van der Waals surface area contributed by atoms with Crippen molar-refractivity contribution < 1.29 is 4.79 Å². The number of hydrogen-bond donors (Lipinski definition) is 1. The Morgan fingerprint density at radius 3 is 2.63 bits per heavy atom. The number of benzene rings is 1. The minimum absolute atomic E-state index is 0.142. The number of rotatable bonds is 8. The zero-order chi connectivity index (χ0) is 19.2. The van der Waals surface area contributed by atoms with E-state index in [4.69, 9.17) is 0 Å². The zero-order valence-electron chi connectivity index (χ0n) is 16.2. The molecule has 0 aliphatic carbocycles. The van der Waals surface area contributed by atoms with Crippen molar-refractivity contribution in [2.45, 2.75) is 33.2 Å². The lowest BCUT2D eigenvalue weighted by molar-refractivity contribution is 0.0953. The quantitative estimate of drug-likeness (QED) is 0.666. The largest absolute Gasteiger partial charge is 0.351 e. The molecule has 1 N–H and O–H groups in total. The Bertz CT molecular complexity index is 886. The first-order valence-electron chi connectivity index (χ1n) is 9.50. The van der Waals surface area contributed by atoms with Gasteiger partial charge in [0.1, 0.15) is 5.56 Å². The highest BCUT2D eigenvalue weighted by Gasteiger charge is 2.16. The highest BCUT2D eigenvalue weighted by molar-refractivity contribution is 5.99. The number of nitrogens with zero attached hydrogens (tertiary/aromatic N) is 4. The molecule has 0 bridgehead atoms. The van der Waals surface area contributed by atoms with Crippen LogP contribution in [0, 0.1) is 0 Å². The first-order valence-corrected chi connectivity index (χ1v) is 9.50. The average molecular weight is 365 g/mol. The molecule has 1 atom stereocenters. The summed E-state index contributed by atoms with van der Waals surface area (Å²) in [6.45, 7) is 9.75. The van der Waals surface area contributed by atoms with Crippen molar-refractivity contribution in [3.8, 4) is 0 Å². The van der Waals surface area contributed by atoms with Crippen LogP contribution < -0.4 is 5.32 Å². The molecule has 0 saturated carbocycles. The Labute approximate surface area is 160 Å². The molecule has 142 valence electrons. The lowest BCUT2D eigenvalue weighted by atomic mass is 10.0. The molecule has 1 amide bonds. The maximum Gasteiger partial charge on any atom is 0.256 e. The highest BCUT2D eigenvalue weighted by atomic mass is 16.1. The predicted molar refractivity (Wildman–Crippen MR) is 107 cm³/mol. The van der Waals surface area contributed by atoms with E-state index in [-0.39, 0.29) is 11.8 Å². The van der Waals surface area contributed by atoms with Gasteiger partial charge >= 0.3 is 0 Å². The average Bonchev–Trinajstić information content (AvgIpc) is 3.14. The van der Waals surface area contributed by atoms with Crippen LogP contribution in [-0.2, 0) is 6.54 Å². The Hall–Kier alpha value is -2.73. The summed E-state index contributed by atoms with van der Waals surface area (Å²) in [5, 5.41) is 7.32. The lowest BCUT2D eigenvalue weighted by Gasteiger charge is -2.17. The zero-order valence-corrected chi connectivity index (χ0v) is 16.2. The molecular formula is C21H27N5O. The molecule has 6 heteroatoms. The van der Waals surface area contributed by atoms with Crippen LogP contribution in [0.5, 0.6) is 0 Å². The molecule has 0 aliphatic rings. The Balaban J connectivity index is 1.68. The summed E-state index contributed by atoms with van der Waals surface area (Å²) in [7, 11) is 0. The first kappa shape index (κ1) is 19.0. The molecule has 6 nitrogen and oxygen atoms in total. The standard InChI is InChI=1S/C21H27N5O/c1-4-25(5-2)14-17-12-22-20-19(13-24-26(20)15-17)21(27)23-11-16(3)18-9-7-6-8-10-18/h6-10,12-13,15-16H,4-5,11,14H2,1-3H3,(H,23,27). The fourth-order valence-corrected chi connectivity index (χ4v) is 3.10. The van der Waals surface area contributed by atoms with E-state index in [2.05, 4.69) is 53.2 Å². The van der Waals surface area contributed by atoms with Gasteiger partial charge in [0, 0.05) is 31.0 Å². The van der Waals surface area contributed by atoms with E-state index in [9.17, 15) is 4.79 Å². The fourth-order valence-electron chi connectivity index (χ4n) is 3.10. The Morgan fingerprint density at radius 2 is 1.93 bits per heavy atom. The molecule has 1 aromatic carbocycles. The third-order valence-corrected chi connectivity index (χ3v) is 4.89. The van der Waals surface area contributed by atoms with E-state index >= 15 is 0 Å². The van der Waals surface area contributed by atoms with Crippen LogP contribution in [0.1, 0.15) is 48.2 Å². The molecular weight excluding hydrogens is 338 g/mol. The fraction of sp³-hybridized carbons (Fsp3) is 0.381. The van der Waals surface area contributed by atoms with E-state index < -0.39 is 0 Å². The van der Waals surface area contributed by atoms with Crippen LogP contribution in [-0.4, -0.2) is 45.0 Å². The van der Waals surface area contributed by atoms with Crippen molar-refractivity contribution in [2.75, 3.05) is 19.6 Å². The second kappa shape index (κ2) is 8.77. The van der Waals surface area contributed by atoms with Crippen LogP contribution in [0.3, 0.4) is 0 Å². The van der Waals surface area contributed by atoms with Crippen molar-refractivity contribution in [3.05, 3.63) is 65.6 Å². The maximum atomic E-state index is 12.6. The van der Waals surface area contributed by atoms with Gasteiger partial charge in [0.25, 0.3) is 5.91 Å². The topological polar surface area (TPSA) is 62.5 Å². The van der Waals surface area contributed by atoms with Crippen LogP contribution in [0.2, 0.25) is 0 Å². The number of fused-ring (bicyclic) bond motifs is 1. The third-order valence-electron chi connectivity index (χ3n) is 4.89. The number of aromatic nitrogens is 3. The van der Waals surface area contributed by atoms with E-state index in [1.807, 2.05) is 30.6 Å². The summed E-state index contributed by atoms with van der Waals surface area (Å²) in [4.78, 5) is 19.4. The van der Waals surface area contributed by atoms with E-state index in [0.717, 1.165) is 25.2 Å². The number of hydrogen-bond acceptors (Lipinski definition) is 4. The molecule has 2 aromatic heterocycles. The van der Waals surface area contributed by atoms with Crippen molar-refractivity contribution in [3.63, 3.8) is 0 Å². The minimum Gasteiger partial charge on any atom is -0.351 e. The van der Waals surface area contributed by atoms with Gasteiger partial charge in [-0.25, -0.2) is 9.50 Å². The summed E-state index contributed by atoms with van der Waals surface area (Å²) >= 11 is 0.